The zero-order valence-electron chi connectivity index (χ0n) is 14.2. The minimum atomic E-state index is -0.236. The van der Waals surface area contributed by atoms with Gasteiger partial charge in [0.05, 0.1) is 0 Å². The summed E-state index contributed by atoms with van der Waals surface area (Å²) < 4.78 is 26.5. The van der Waals surface area contributed by atoms with E-state index in [-0.39, 0.29) is 30.0 Å². The first-order valence-corrected chi connectivity index (χ1v) is 8.59. The first kappa shape index (κ1) is 19.8. The van der Waals surface area contributed by atoms with Gasteiger partial charge in [0.15, 0.2) is 0 Å². The van der Waals surface area contributed by atoms with Crippen LogP contribution in [-0.2, 0) is 0 Å². The Bertz CT molecular complexity index is 592. The van der Waals surface area contributed by atoms with E-state index in [1.54, 1.807) is 0 Å². The zero-order chi connectivity index (χ0) is 16.9. The summed E-state index contributed by atoms with van der Waals surface area (Å²) in [5, 5.41) is 0. The zero-order valence-corrected chi connectivity index (χ0v) is 15.0. The number of likely N-dealkylation sites (tertiary alicyclic amines) is 1. The van der Waals surface area contributed by atoms with Gasteiger partial charge in [0.2, 0.25) is 0 Å². The lowest BCUT2D eigenvalue weighted by atomic mass is 9.89. The molecule has 0 unspecified atom stereocenters. The predicted molar refractivity (Wildman–Crippen MR) is 100 cm³/mol. The Hall–Kier alpha value is -1.49. The fourth-order valence-electron chi connectivity index (χ4n) is 3.46. The fraction of sp³-hybridized carbons (Fsp3) is 0.400. The smallest absolute Gasteiger partial charge is 0.123 e. The van der Waals surface area contributed by atoms with E-state index in [9.17, 15) is 8.78 Å². The van der Waals surface area contributed by atoms with Gasteiger partial charge in [-0.25, -0.2) is 8.78 Å². The molecule has 1 saturated heterocycles. The highest BCUT2D eigenvalue weighted by Crippen LogP contribution is 2.28. The number of hydrogen-bond donors (Lipinski definition) is 1. The van der Waals surface area contributed by atoms with Gasteiger partial charge in [0, 0.05) is 12.5 Å². The lowest BCUT2D eigenvalue weighted by molar-refractivity contribution is 0.183. The molecular formula is C20H25ClF2N2. The molecule has 3 rings (SSSR count). The monoisotopic (exact) mass is 366 g/mol. The third-order valence-electron chi connectivity index (χ3n) is 5.03. The average Bonchev–Trinajstić information content (AvgIpc) is 2.62. The van der Waals surface area contributed by atoms with Crippen LogP contribution >= 0.6 is 12.4 Å². The molecule has 1 heterocycles. The molecule has 2 nitrogen and oxygen atoms in total. The molecule has 0 bridgehead atoms. The summed E-state index contributed by atoms with van der Waals surface area (Å²) in [5.41, 5.74) is 7.89. The Morgan fingerprint density at radius 1 is 0.880 bits per heavy atom. The molecule has 0 radical (unpaired) electrons. The molecule has 0 spiro atoms. The van der Waals surface area contributed by atoms with E-state index in [0.29, 0.717) is 5.92 Å². The van der Waals surface area contributed by atoms with E-state index in [1.165, 1.54) is 24.3 Å². The lowest BCUT2D eigenvalue weighted by Crippen LogP contribution is -2.38. The number of nitrogens with zero attached hydrogens (tertiary/aromatic N) is 1. The second-order valence-electron chi connectivity index (χ2n) is 6.64. The Balaban J connectivity index is 0.00000225. The lowest BCUT2D eigenvalue weighted by Gasteiger charge is -2.34. The summed E-state index contributed by atoms with van der Waals surface area (Å²) >= 11 is 0. The van der Waals surface area contributed by atoms with Gasteiger partial charge in [-0.15, -0.1) is 12.4 Å². The maximum absolute atomic E-state index is 13.3. The first-order chi connectivity index (χ1) is 11.7. The topological polar surface area (TPSA) is 29.3 Å². The molecule has 136 valence electrons. The molecule has 0 aliphatic carbocycles. The third kappa shape index (κ3) is 5.24. The van der Waals surface area contributed by atoms with Crippen molar-refractivity contribution in [1.82, 2.24) is 4.90 Å². The van der Waals surface area contributed by atoms with Crippen LogP contribution in [0.1, 0.15) is 29.9 Å². The van der Waals surface area contributed by atoms with Crippen LogP contribution in [0.4, 0.5) is 8.78 Å². The van der Waals surface area contributed by atoms with Crippen molar-refractivity contribution in [3.63, 3.8) is 0 Å². The molecule has 2 N–H and O–H groups in total. The van der Waals surface area contributed by atoms with E-state index in [1.807, 2.05) is 24.3 Å². The quantitative estimate of drug-likeness (QED) is 0.859. The van der Waals surface area contributed by atoms with Gasteiger partial charge < -0.3 is 10.6 Å². The summed E-state index contributed by atoms with van der Waals surface area (Å²) in [6.07, 6.45) is 2.24. The number of piperidine rings is 1. The van der Waals surface area contributed by atoms with Crippen molar-refractivity contribution >= 4 is 12.4 Å². The second kappa shape index (κ2) is 9.27. The molecular weight excluding hydrogens is 342 g/mol. The first-order valence-electron chi connectivity index (χ1n) is 8.59. The Kier molecular flexibility index (Phi) is 7.36. The van der Waals surface area contributed by atoms with Crippen molar-refractivity contribution in [2.75, 3.05) is 26.2 Å². The molecule has 0 amide bonds. The standard InChI is InChI=1S/C20H24F2N2.ClH/c21-18-5-1-16(2-6-18)20(17-3-7-19(22)8-4-17)14-24-11-9-15(13-23)10-12-24;/h1-8,15,20H,9-14,23H2;1H. The summed E-state index contributed by atoms with van der Waals surface area (Å²) in [6.45, 7) is 3.67. The summed E-state index contributed by atoms with van der Waals surface area (Å²) in [5.74, 6) is 0.262. The van der Waals surface area contributed by atoms with E-state index < -0.39 is 0 Å². The highest BCUT2D eigenvalue weighted by molar-refractivity contribution is 5.85. The number of rotatable bonds is 5. The normalized spacial score (nSPS) is 16.0. The summed E-state index contributed by atoms with van der Waals surface area (Å²) in [6, 6.07) is 13.3. The van der Waals surface area contributed by atoms with E-state index in [0.717, 1.165) is 50.1 Å². The maximum atomic E-state index is 13.3. The van der Waals surface area contributed by atoms with E-state index in [2.05, 4.69) is 4.90 Å². The van der Waals surface area contributed by atoms with Crippen molar-refractivity contribution in [1.29, 1.82) is 0 Å². The molecule has 1 aliphatic heterocycles. The summed E-state index contributed by atoms with van der Waals surface area (Å²) in [4.78, 5) is 2.43. The van der Waals surface area contributed by atoms with Gasteiger partial charge in [-0.05, 0) is 73.8 Å². The van der Waals surface area contributed by atoms with Crippen LogP contribution in [0, 0.1) is 17.6 Å². The largest absolute Gasteiger partial charge is 0.330 e. The van der Waals surface area contributed by atoms with Crippen LogP contribution in [0.2, 0.25) is 0 Å². The molecule has 2 aromatic rings. The highest BCUT2D eigenvalue weighted by Gasteiger charge is 2.23. The Labute approximate surface area is 154 Å². The van der Waals surface area contributed by atoms with Crippen LogP contribution in [0.25, 0.3) is 0 Å². The Morgan fingerprint density at radius 2 is 1.32 bits per heavy atom. The SMILES string of the molecule is Cl.NCC1CCN(CC(c2ccc(F)cc2)c2ccc(F)cc2)CC1. The van der Waals surface area contributed by atoms with Gasteiger partial charge in [0.1, 0.15) is 11.6 Å². The van der Waals surface area contributed by atoms with Crippen LogP contribution < -0.4 is 5.73 Å². The second-order valence-corrected chi connectivity index (χ2v) is 6.64. The molecule has 1 fully saturated rings. The van der Waals surface area contributed by atoms with Crippen molar-refractivity contribution in [3.05, 3.63) is 71.3 Å². The van der Waals surface area contributed by atoms with Crippen LogP contribution in [-0.4, -0.2) is 31.1 Å². The highest BCUT2D eigenvalue weighted by atomic mass is 35.5. The Morgan fingerprint density at radius 3 is 1.72 bits per heavy atom. The number of hydrogen-bond acceptors (Lipinski definition) is 2. The van der Waals surface area contributed by atoms with Crippen molar-refractivity contribution < 1.29 is 8.78 Å². The molecule has 1 aliphatic rings. The van der Waals surface area contributed by atoms with E-state index in [4.69, 9.17) is 5.73 Å². The maximum Gasteiger partial charge on any atom is 0.123 e. The van der Waals surface area contributed by atoms with Crippen molar-refractivity contribution in [3.8, 4) is 0 Å². The number of benzene rings is 2. The van der Waals surface area contributed by atoms with Crippen LogP contribution in [0.3, 0.4) is 0 Å². The minimum absolute atomic E-state index is 0. The summed E-state index contributed by atoms with van der Waals surface area (Å²) in [7, 11) is 0. The van der Waals surface area contributed by atoms with Crippen LogP contribution in [0.5, 0.6) is 0 Å². The molecule has 2 aromatic carbocycles. The minimum Gasteiger partial charge on any atom is -0.330 e. The molecule has 0 saturated carbocycles. The number of halogens is 3. The van der Waals surface area contributed by atoms with E-state index >= 15 is 0 Å². The molecule has 5 heteroatoms. The molecule has 25 heavy (non-hydrogen) atoms. The number of nitrogens with two attached hydrogens (primary N) is 1. The fourth-order valence-corrected chi connectivity index (χ4v) is 3.46. The molecule has 0 atom stereocenters. The van der Waals surface area contributed by atoms with Gasteiger partial charge in [0.25, 0.3) is 0 Å². The van der Waals surface area contributed by atoms with Gasteiger partial charge in [-0.1, -0.05) is 24.3 Å². The van der Waals surface area contributed by atoms with Gasteiger partial charge >= 0.3 is 0 Å². The molecule has 0 aromatic heterocycles. The van der Waals surface area contributed by atoms with Crippen molar-refractivity contribution in [2.24, 2.45) is 11.7 Å². The van der Waals surface area contributed by atoms with Crippen molar-refractivity contribution in [2.45, 2.75) is 18.8 Å². The van der Waals surface area contributed by atoms with Gasteiger partial charge in [-0.3, -0.25) is 0 Å². The van der Waals surface area contributed by atoms with Crippen LogP contribution in [0.15, 0.2) is 48.5 Å². The predicted octanol–water partition coefficient (Wildman–Crippen LogP) is 4.19. The third-order valence-corrected chi connectivity index (χ3v) is 5.03. The average molecular weight is 367 g/mol. The van der Waals surface area contributed by atoms with Gasteiger partial charge in [-0.2, -0.15) is 0 Å².